The van der Waals surface area contributed by atoms with Crippen molar-refractivity contribution < 1.29 is 13.9 Å². The number of guanidine groups is 1. The number of aliphatic hydroxyl groups excluding tert-OH is 1. The van der Waals surface area contributed by atoms with E-state index in [1.807, 2.05) is 6.92 Å². The van der Waals surface area contributed by atoms with Gasteiger partial charge in [0.05, 0.1) is 18.9 Å². The van der Waals surface area contributed by atoms with Crippen molar-refractivity contribution in [2.45, 2.75) is 26.7 Å². The van der Waals surface area contributed by atoms with Gasteiger partial charge in [-0.05, 0) is 68.6 Å². The highest BCUT2D eigenvalue weighted by Gasteiger charge is 2.02. The van der Waals surface area contributed by atoms with Gasteiger partial charge >= 0.3 is 0 Å². The Bertz CT molecular complexity index is 855. The zero-order valence-electron chi connectivity index (χ0n) is 21.0. The van der Waals surface area contributed by atoms with Crippen LogP contribution in [0.5, 0.6) is 0 Å². The van der Waals surface area contributed by atoms with Gasteiger partial charge in [-0.2, -0.15) is 0 Å². The number of nitrogens with two attached hydrogens (primary N) is 1. The largest absolute Gasteiger partial charge is 0.397 e. The molecule has 36 heavy (non-hydrogen) atoms. The molecule has 0 fully saturated rings. The summed E-state index contributed by atoms with van der Waals surface area (Å²) in [7, 11) is 0. The lowest BCUT2D eigenvalue weighted by molar-refractivity contribution is 0.318. The van der Waals surface area contributed by atoms with Crippen LogP contribution in [0.15, 0.2) is 58.5 Å². The summed E-state index contributed by atoms with van der Waals surface area (Å²) < 4.78 is 24.9. The molecule has 204 valence electrons. The zero-order chi connectivity index (χ0) is 25.0. The fourth-order valence-corrected chi connectivity index (χ4v) is 2.83. The van der Waals surface area contributed by atoms with E-state index in [-0.39, 0.29) is 54.6 Å². The van der Waals surface area contributed by atoms with E-state index in [0.29, 0.717) is 6.54 Å². The predicted molar refractivity (Wildman–Crippen MR) is 159 cm³/mol. The van der Waals surface area contributed by atoms with Crippen molar-refractivity contribution in [2.24, 2.45) is 15.7 Å². The number of aliphatic imine (C=N–C) groups is 2. The van der Waals surface area contributed by atoms with Gasteiger partial charge in [-0.25, -0.2) is 8.78 Å². The Kier molecular flexibility index (Phi) is 23.5. The first-order valence-electron chi connectivity index (χ1n) is 11.5. The average Bonchev–Trinajstić information content (AvgIpc) is 3.53. The summed E-state index contributed by atoms with van der Waals surface area (Å²) in [6, 6.07) is 13.0. The number of hydrogen-bond acceptors (Lipinski definition) is 7. The van der Waals surface area contributed by atoms with Gasteiger partial charge in [-0.15, -0.1) is 36.4 Å². The number of benzene rings is 2. The van der Waals surface area contributed by atoms with Crippen LogP contribution in [0.3, 0.4) is 0 Å². The smallest absolute Gasteiger partial charge is 0.191 e. The van der Waals surface area contributed by atoms with E-state index in [0.717, 1.165) is 68.5 Å². The van der Waals surface area contributed by atoms with Gasteiger partial charge in [0.15, 0.2) is 5.96 Å². The molecule has 0 aliphatic carbocycles. The normalized spacial score (nSPS) is 12.6. The minimum absolute atomic E-state index is 0. The van der Waals surface area contributed by atoms with Crippen LogP contribution in [0.2, 0.25) is 0 Å². The van der Waals surface area contributed by atoms with Crippen LogP contribution in [0.4, 0.5) is 8.78 Å². The van der Waals surface area contributed by atoms with E-state index in [4.69, 9.17) is 10.8 Å². The number of amidine groups is 1. The number of hydrogen-bond donors (Lipinski definition) is 5. The lowest BCUT2D eigenvalue weighted by Gasteiger charge is -2.06. The predicted octanol–water partition coefficient (Wildman–Crippen LogP) is 3.29. The first-order valence-corrected chi connectivity index (χ1v) is 11.5. The first-order chi connectivity index (χ1) is 16.5. The zero-order valence-corrected chi connectivity index (χ0v) is 24.1. The van der Waals surface area contributed by atoms with Crippen LogP contribution in [0.1, 0.15) is 25.0 Å². The number of halogens is 4. The Morgan fingerprint density at radius 3 is 1.72 bits per heavy atom. The highest BCUT2D eigenvalue weighted by atomic mass is 127. The molecule has 2 aliphatic heterocycles. The van der Waals surface area contributed by atoms with E-state index >= 15 is 0 Å². The molecule has 2 aliphatic rings. The molecule has 2 aromatic carbocycles. The summed E-state index contributed by atoms with van der Waals surface area (Å²) in [5, 5.41) is 17.0. The molecule has 0 amide bonds. The fourth-order valence-electron chi connectivity index (χ4n) is 2.83. The fraction of sp³-hybridized carbons (Fsp3) is 0.440. The summed E-state index contributed by atoms with van der Waals surface area (Å²) in [6.07, 6.45) is 1.70. The molecule has 2 heterocycles. The number of nitrogens with zero attached hydrogens (tertiary/aromatic N) is 2. The first kappa shape index (κ1) is 36.1. The van der Waals surface area contributed by atoms with E-state index < -0.39 is 0 Å². The van der Waals surface area contributed by atoms with Gasteiger partial charge in [0.25, 0.3) is 0 Å². The van der Waals surface area contributed by atoms with Crippen molar-refractivity contribution >= 4 is 48.2 Å². The minimum atomic E-state index is -0.194. The molecular formula is C25H40ClF2IN6O. The van der Waals surface area contributed by atoms with Crippen molar-refractivity contribution in [3.05, 3.63) is 71.3 Å². The van der Waals surface area contributed by atoms with Gasteiger partial charge < -0.3 is 26.8 Å². The summed E-state index contributed by atoms with van der Waals surface area (Å²) in [5.74, 6) is 1.57. The molecule has 2 aromatic rings. The molecule has 0 spiro atoms. The van der Waals surface area contributed by atoms with Gasteiger partial charge in [-0.1, -0.05) is 24.3 Å². The molecule has 0 saturated carbocycles. The molecule has 4 rings (SSSR count). The van der Waals surface area contributed by atoms with Crippen LogP contribution >= 0.6 is 36.4 Å². The number of aliphatic hydroxyl groups is 1. The number of nitrogens with one attached hydrogen (secondary N) is 3. The SMILES string of the molecule is CC1=NCCN1.CCO.Cl.Fc1ccc(CCNC2=NCCN2)cc1.I.NCCc1ccc(F)cc1. The Morgan fingerprint density at radius 2 is 1.36 bits per heavy atom. The molecule has 0 aromatic heterocycles. The maximum absolute atomic E-state index is 12.6. The average molecular weight is 641 g/mol. The molecule has 7 nitrogen and oxygen atoms in total. The van der Waals surface area contributed by atoms with Crippen LogP contribution in [-0.4, -0.2) is 62.8 Å². The molecule has 0 bridgehead atoms. The van der Waals surface area contributed by atoms with Crippen molar-refractivity contribution in [3.63, 3.8) is 0 Å². The van der Waals surface area contributed by atoms with Gasteiger partial charge in [0.1, 0.15) is 11.6 Å². The van der Waals surface area contributed by atoms with E-state index in [9.17, 15) is 8.78 Å². The second-order valence-corrected chi connectivity index (χ2v) is 7.34. The van der Waals surface area contributed by atoms with Crippen LogP contribution < -0.4 is 21.7 Å². The van der Waals surface area contributed by atoms with Crippen molar-refractivity contribution in [1.29, 1.82) is 0 Å². The highest BCUT2D eigenvalue weighted by Crippen LogP contribution is 2.03. The third kappa shape index (κ3) is 18.3. The molecule has 0 unspecified atom stereocenters. The maximum Gasteiger partial charge on any atom is 0.191 e. The lowest BCUT2D eigenvalue weighted by atomic mass is 10.1. The molecule has 6 N–H and O–H groups in total. The maximum atomic E-state index is 12.6. The highest BCUT2D eigenvalue weighted by molar-refractivity contribution is 14.0. The third-order valence-electron chi connectivity index (χ3n) is 4.48. The lowest BCUT2D eigenvalue weighted by Crippen LogP contribution is -2.34. The monoisotopic (exact) mass is 640 g/mol. The Balaban J connectivity index is 0. The van der Waals surface area contributed by atoms with Crippen molar-refractivity contribution in [2.75, 3.05) is 45.9 Å². The summed E-state index contributed by atoms with van der Waals surface area (Å²) in [5.41, 5.74) is 7.52. The van der Waals surface area contributed by atoms with E-state index in [1.54, 1.807) is 31.2 Å². The third-order valence-corrected chi connectivity index (χ3v) is 4.48. The van der Waals surface area contributed by atoms with Crippen molar-refractivity contribution in [3.8, 4) is 0 Å². The van der Waals surface area contributed by atoms with Gasteiger partial charge in [-0.3, -0.25) is 9.98 Å². The topological polar surface area (TPSA) is 107 Å². The quantitative estimate of drug-likeness (QED) is 0.323. The van der Waals surface area contributed by atoms with Gasteiger partial charge in [0, 0.05) is 26.2 Å². The second-order valence-electron chi connectivity index (χ2n) is 7.34. The molecule has 0 atom stereocenters. The minimum Gasteiger partial charge on any atom is -0.397 e. The Morgan fingerprint density at radius 1 is 0.889 bits per heavy atom. The second kappa shape index (κ2) is 23.4. The standard InChI is InChI=1S/C11H14FN3.C8H10FN.C4H8N2.C2H6O.ClH.HI/c12-10-3-1-9(2-4-10)5-6-13-11-14-7-8-15-11;9-8-3-1-7(2-4-8)5-6-10;1-4-5-2-3-6-4;1-2-3;;/h1-4H,5-8H2,(H2,13,14,15);1-4H,5-6,10H2;2-3H2,1H3,(H,5,6);3H,2H2,1H3;2*1H. The van der Waals surface area contributed by atoms with E-state index in [2.05, 4.69) is 25.9 Å². The molecule has 0 saturated heterocycles. The van der Waals surface area contributed by atoms with Crippen LogP contribution in [0.25, 0.3) is 0 Å². The van der Waals surface area contributed by atoms with E-state index in [1.165, 1.54) is 24.3 Å². The van der Waals surface area contributed by atoms with Crippen molar-refractivity contribution in [1.82, 2.24) is 16.0 Å². The molecular weight excluding hydrogens is 601 g/mol. The summed E-state index contributed by atoms with van der Waals surface area (Å²) in [6.45, 7) is 9.10. The molecule has 11 heteroatoms. The van der Waals surface area contributed by atoms with Gasteiger partial charge in [0.2, 0.25) is 0 Å². The Hall–Kier alpha value is -2.02. The van der Waals surface area contributed by atoms with Crippen LogP contribution in [-0.2, 0) is 12.8 Å². The van der Waals surface area contributed by atoms with Crippen LogP contribution in [0, 0.1) is 11.6 Å². The summed E-state index contributed by atoms with van der Waals surface area (Å²) >= 11 is 0. The Labute approximate surface area is 236 Å². The molecule has 0 radical (unpaired) electrons. The number of rotatable bonds is 5. The summed E-state index contributed by atoms with van der Waals surface area (Å²) in [4.78, 5) is 8.26.